The number of carboxylic acids is 1. The summed E-state index contributed by atoms with van der Waals surface area (Å²) in [7, 11) is 0. The molecule has 96 valence electrons. The van der Waals surface area contributed by atoms with E-state index in [0.717, 1.165) is 10.0 Å². The molecule has 2 amide bonds. The average Bonchev–Trinajstić information content (AvgIpc) is 2.52. The molecule has 2 rings (SSSR count). The summed E-state index contributed by atoms with van der Waals surface area (Å²) in [4.78, 5) is 35.5. The second-order valence-electron chi connectivity index (χ2n) is 4.27. The number of carbonyl (C=O) groups is 3. The number of aliphatic carboxylic acids is 1. The molecule has 1 fully saturated rings. The van der Waals surface area contributed by atoms with Crippen molar-refractivity contribution in [3.8, 4) is 0 Å². The van der Waals surface area contributed by atoms with Gasteiger partial charge in [0, 0.05) is 6.20 Å². The molecule has 0 radical (unpaired) electrons. The Morgan fingerprint density at radius 1 is 1.44 bits per heavy atom. The van der Waals surface area contributed by atoms with Gasteiger partial charge in [0.1, 0.15) is 5.41 Å². The minimum absolute atomic E-state index is 0.223. The third-order valence-electron chi connectivity index (χ3n) is 3.10. The van der Waals surface area contributed by atoms with E-state index in [9.17, 15) is 14.4 Å². The third-order valence-corrected chi connectivity index (χ3v) is 3.32. The van der Waals surface area contributed by atoms with E-state index in [1.54, 1.807) is 0 Å². The molecular formula is C11H12N2O4S. The van der Waals surface area contributed by atoms with E-state index in [4.69, 9.17) is 5.11 Å². The number of hydrogen-bond donors (Lipinski definition) is 2. The molecule has 18 heavy (non-hydrogen) atoms. The molecule has 0 aromatic carbocycles. The number of hydrogen-bond acceptors (Lipinski definition) is 4. The highest BCUT2D eigenvalue weighted by Gasteiger charge is 2.56. The van der Waals surface area contributed by atoms with Gasteiger partial charge in [-0.2, -0.15) is 12.6 Å². The number of carbonyl (C=O) groups excluding carboxylic acids is 2. The van der Waals surface area contributed by atoms with Gasteiger partial charge in [0.05, 0.1) is 0 Å². The van der Waals surface area contributed by atoms with Crippen LogP contribution in [-0.2, 0) is 14.4 Å². The van der Waals surface area contributed by atoms with Gasteiger partial charge in [0.25, 0.3) is 11.8 Å². The van der Waals surface area contributed by atoms with Crippen LogP contribution in [0.4, 0.5) is 0 Å². The Labute approximate surface area is 109 Å². The summed E-state index contributed by atoms with van der Waals surface area (Å²) in [5.74, 6) is -1.84. The van der Waals surface area contributed by atoms with Gasteiger partial charge in [-0.25, -0.2) is 14.8 Å². The summed E-state index contributed by atoms with van der Waals surface area (Å²) >= 11 is 4.04. The highest BCUT2D eigenvalue weighted by atomic mass is 32.1. The number of thiol groups is 1. The average molecular weight is 268 g/mol. The van der Waals surface area contributed by atoms with Crippen molar-refractivity contribution in [1.29, 1.82) is 0 Å². The molecule has 2 aliphatic heterocycles. The van der Waals surface area contributed by atoms with E-state index < -0.39 is 23.2 Å². The zero-order valence-electron chi connectivity index (χ0n) is 9.66. The lowest BCUT2D eigenvalue weighted by atomic mass is 9.86. The smallest absolute Gasteiger partial charge is 0.354 e. The molecule has 0 aromatic heterocycles. The maximum atomic E-state index is 12.3. The molecule has 2 heterocycles. The number of amides is 2. The fraction of sp³-hybridized carbons (Fsp3) is 0.364. The lowest BCUT2D eigenvalue weighted by Gasteiger charge is -2.26. The summed E-state index contributed by atoms with van der Waals surface area (Å²) in [5.41, 5.74) is -1.47. The number of fused-ring (bicyclic) bond motifs is 1. The van der Waals surface area contributed by atoms with E-state index in [1.165, 1.54) is 25.3 Å². The summed E-state index contributed by atoms with van der Waals surface area (Å²) < 4.78 is 0. The monoisotopic (exact) mass is 268 g/mol. The fourth-order valence-corrected chi connectivity index (χ4v) is 2.46. The van der Waals surface area contributed by atoms with Crippen LogP contribution in [0.25, 0.3) is 0 Å². The molecular weight excluding hydrogens is 256 g/mol. The van der Waals surface area contributed by atoms with Gasteiger partial charge in [-0.1, -0.05) is 0 Å². The van der Waals surface area contributed by atoms with Crippen LogP contribution >= 0.6 is 12.6 Å². The third kappa shape index (κ3) is 1.54. The van der Waals surface area contributed by atoms with Crippen molar-refractivity contribution in [2.24, 2.45) is 5.41 Å². The molecule has 1 unspecified atom stereocenters. The number of carboxylic acid groups (broad SMARTS) is 1. The molecule has 0 bridgehead atoms. The Hall–Kier alpha value is -1.76. The van der Waals surface area contributed by atoms with E-state index in [0.29, 0.717) is 5.75 Å². The molecule has 0 spiro atoms. The number of hydrazine groups is 1. The molecule has 7 heteroatoms. The summed E-state index contributed by atoms with van der Waals surface area (Å²) in [6.07, 6.45) is 4.37. The van der Waals surface area contributed by atoms with Gasteiger partial charge in [-0.05, 0) is 31.2 Å². The lowest BCUT2D eigenvalue weighted by Crippen LogP contribution is -2.40. The normalized spacial score (nSPS) is 26.4. The molecule has 2 aliphatic rings. The molecule has 6 nitrogen and oxygen atoms in total. The molecule has 1 N–H and O–H groups in total. The zero-order chi connectivity index (χ0) is 13.5. The highest BCUT2D eigenvalue weighted by Crippen LogP contribution is 2.38. The van der Waals surface area contributed by atoms with Crippen molar-refractivity contribution in [3.05, 3.63) is 24.0 Å². The Morgan fingerprint density at radius 3 is 2.67 bits per heavy atom. The predicted octanol–water partition coefficient (Wildman–Crippen LogP) is 0.394. The molecule has 0 saturated carbocycles. The van der Waals surface area contributed by atoms with Gasteiger partial charge in [0.2, 0.25) is 0 Å². The molecule has 0 aliphatic carbocycles. The van der Waals surface area contributed by atoms with Crippen LogP contribution in [0, 0.1) is 5.41 Å². The molecule has 0 aromatic rings. The van der Waals surface area contributed by atoms with Crippen LogP contribution in [0.1, 0.15) is 13.3 Å². The first kappa shape index (κ1) is 12.7. The van der Waals surface area contributed by atoms with Crippen LogP contribution in [0.2, 0.25) is 0 Å². The van der Waals surface area contributed by atoms with Crippen LogP contribution < -0.4 is 0 Å². The number of rotatable bonds is 3. The summed E-state index contributed by atoms with van der Waals surface area (Å²) in [6.45, 7) is 1.51. The second kappa shape index (κ2) is 4.16. The van der Waals surface area contributed by atoms with Gasteiger partial charge < -0.3 is 5.11 Å². The van der Waals surface area contributed by atoms with Gasteiger partial charge in [-0.3, -0.25) is 9.59 Å². The highest BCUT2D eigenvalue weighted by molar-refractivity contribution is 7.80. The first-order valence-electron chi connectivity index (χ1n) is 5.34. The van der Waals surface area contributed by atoms with E-state index >= 15 is 0 Å². The second-order valence-corrected chi connectivity index (χ2v) is 4.72. The maximum Gasteiger partial charge on any atom is 0.354 e. The Balaban J connectivity index is 2.46. The van der Waals surface area contributed by atoms with Gasteiger partial charge in [0.15, 0.2) is 5.70 Å². The van der Waals surface area contributed by atoms with Crippen LogP contribution in [0.15, 0.2) is 24.0 Å². The fourth-order valence-electron chi connectivity index (χ4n) is 2.01. The van der Waals surface area contributed by atoms with E-state index in [-0.39, 0.29) is 12.1 Å². The van der Waals surface area contributed by atoms with Gasteiger partial charge in [-0.15, -0.1) is 0 Å². The minimum atomic E-state index is -1.25. The standard InChI is InChI=1S/C11H12N2O4S/c1-11(4-6-18)9(16)12-5-2-3-7(8(14)15)13(12)10(11)17/h2-3,5,18H,4,6H2,1H3,(H,14,15). The topological polar surface area (TPSA) is 77.9 Å². The van der Waals surface area contributed by atoms with Crippen LogP contribution in [0.5, 0.6) is 0 Å². The molecule has 1 saturated heterocycles. The van der Waals surface area contributed by atoms with Crippen molar-refractivity contribution in [2.75, 3.05) is 5.75 Å². The SMILES string of the molecule is CC1(CCS)C(=O)N2C=CC=C(C(=O)O)N2C1=O. The zero-order valence-corrected chi connectivity index (χ0v) is 10.6. The van der Waals surface area contributed by atoms with Crippen molar-refractivity contribution >= 4 is 30.4 Å². The minimum Gasteiger partial charge on any atom is -0.477 e. The van der Waals surface area contributed by atoms with Crippen molar-refractivity contribution in [1.82, 2.24) is 10.0 Å². The van der Waals surface area contributed by atoms with Gasteiger partial charge >= 0.3 is 5.97 Å². The van der Waals surface area contributed by atoms with E-state index in [1.807, 2.05) is 0 Å². The largest absolute Gasteiger partial charge is 0.477 e. The maximum absolute atomic E-state index is 12.3. The Bertz CT molecular complexity index is 499. The Morgan fingerprint density at radius 2 is 2.11 bits per heavy atom. The number of nitrogens with zero attached hydrogens (tertiary/aromatic N) is 2. The summed E-state index contributed by atoms with van der Waals surface area (Å²) in [5, 5.41) is 11.0. The first-order chi connectivity index (χ1) is 8.43. The van der Waals surface area contributed by atoms with Crippen molar-refractivity contribution in [3.63, 3.8) is 0 Å². The number of allylic oxidation sites excluding steroid dienone is 2. The first-order valence-corrected chi connectivity index (χ1v) is 5.97. The van der Waals surface area contributed by atoms with Crippen molar-refractivity contribution < 1.29 is 19.5 Å². The predicted molar refractivity (Wildman–Crippen MR) is 65.1 cm³/mol. The quantitative estimate of drug-likeness (QED) is 0.573. The lowest BCUT2D eigenvalue weighted by molar-refractivity contribution is -0.146. The Kier molecular flexibility index (Phi) is 2.94. The summed E-state index contributed by atoms with van der Waals surface area (Å²) in [6, 6.07) is 0. The van der Waals surface area contributed by atoms with Crippen molar-refractivity contribution in [2.45, 2.75) is 13.3 Å². The van der Waals surface area contributed by atoms with Crippen LogP contribution in [0.3, 0.4) is 0 Å². The van der Waals surface area contributed by atoms with Crippen LogP contribution in [-0.4, -0.2) is 38.7 Å². The molecule has 1 atom stereocenters. The van der Waals surface area contributed by atoms with E-state index in [2.05, 4.69) is 12.6 Å².